The number of amides is 1. The molecule has 0 bridgehead atoms. The van der Waals surface area contributed by atoms with Gasteiger partial charge in [-0.15, -0.1) is 0 Å². The maximum absolute atomic E-state index is 11.9. The van der Waals surface area contributed by atoms with Gasteiger partial charge in [0.2, 0.25) is 5.91 Å². The van der Waals surface area contributed by atoms with Crippen LogP contribution in [0, 0.1) is 0 Å². The lowest BCUT2D eigenvalue weighted by Crippen LogP contribution is -2.35. The predicted octanol–water partition coefficient (Wildman–Crippen LogP) is 1.72. The summed E-state index contributed by atoms with van der Waals surface area (Å²) in [5.74, 6) is -0.0634. The summed E-state index contributed by atoms with van der Waals surface area (Å²) in [7, 11) is 0. The second kappa shape index (κ2) is 7.68. The zero-order valence-electron chi connectivity index (χ0n) is 10.6. The Kier molecular flexibility index (Phi) is 6.21. The molecule has 0 radical (unpaired) electrons. The number of aryl methyl sites for hydroxylation is 1. The van der Waals surface area contributed by atoms with Gasteiger partial charge < -0.3 is 15.2 Å². The van der Waals surface area contributed by atoms with Crippen molar-refractivity contribution in [3.05, 3.63) is 29.8 Å². The van der Waals surface area contributed by atoms with Crippen LogP contribution in [0.4, 0.5) is 8.78 Å². The number of aliphatic hydroxyl groups excluding tert-OH is 1. The molecule has 0 saturated carbocycles. The fourth-order valence-corrected chi connectivity index (χ4v) is 1.49. The molecule has 106 valence electrons. The van der Waals surface area contributed by atoms with Crippen molar-refractivity contribution >= 4 is 5.91 Å². The summed E-state index contributed by atoms with van der Waals surface area (Å²) in [6, 6.07) is 5.89. The number of carbonyl (C=O) groups excluding carboxylic acids is 1. The number of hydrogen-bond acceptors (Lipinski definition) is 3. The largest absolute Gasteiger partial charge is 0.435 e. The van der Waals surface area contributed by atoms with E-state index in [1.165, 1.54) is 12.1 Å². The Bertz CT molecular complexity index is 395. The maximum Gasteiger partial charge on any atom is 0.387 e. The topological polar surface area (TPSA) is 58.6 Å². The van der Waals surface area contributed by atoms with Crippen LogP contribution in [-0.4, -0.2) is 30.3 Å². The fourth-order valence-electron chi connectivity index (χ4n) is 1.49. The molecular weight excluding hydrogens is 256 g/mol. The van der Waals surface area contributed by atoms with Gasteiger partial charge in [-0.2, -0.15) is 8.78 Å². The number of aliphatic hydroxyl groups is 1. The summed E-state index contributed by atoms with van der Waals surface area (Å²) in [5, 5.41) is 11.4. The van der Waals surface area contributed by atoms with Crippen molar-refractivity contribution in [1.82, 2.24) is 5.32 Å². The standard InChI is InChI=1S/C13H17F2NO3/c1-9(8-17)16-12(18)7-4-10-2-5-11(6-3-10)19-13(14)15/h2-3,5-6,9,13,17H,4,7-8H2,1H3,(H,16,18)/t9-/m0/s1. The Labute approximate surface area is 110 Å². The molecule has 6 heteroatoms. The zero-order chi connectivity index (χ0) is 14.3. The van der Waals surface area contributed by atoms with Crippen LogP contribution in [0.25, 0.3) is 0 Å². The molecule has 0 saturated heterocycles. The van der Waals surface area contributed by atoms with E-state index in [1.807, 2.05) is 0 Å². The Morgan fingerprint density at radius 1 is 1.37 bits per heavy atom. The molecule has 0 fully saturated rings. The minimum atomic E-state index is -2.84. The van der Waals surface area contributed by atoms with Crippen molar-refractivity contribution in [3.63, 3.8) is 0 Å². The molecule has 1 amide bonds. The first-order valence-electron chi connectivity index (χ1n) is 5.95. The molecule has 1 aromatic rings. The van der Waals surface area contributed by atoms with Crippen molar-refractivity contribution in [1.29, 1.82) is 0 Å². The lowest BCUT2D eigenvalue weighted by Gasteiger charge is -2.10. The minimum absolute atomic E-state index is 0.0945. The molecule has 0 unspecified atom stereocenters. The number of nitrogens with one attached hydrogen (secondary N) is 1. The zero-order valence-corrected chi connectivity index (χ0v) is 10.6. The summed E-state index contributed by atoms with van der Waals surface area (Å²) in [6.45, 7) is -1.24. The second-order valence-corrected chi connectivity index (χ2v) is 4.17. The van der Waals surface area contributed by atoms with E-state index in [-0.39, 0.29) is 30.7 Å². The molecule has 0 spiro atoms. The van der Waals surface area contributed by atoms with Crippen LogP contribution in [-0.2, 0) is 11.2 Å². The molecular formula is C13H17F2NO3. The van der Waals surface area contributed by atoms with Crippen LogP contribution < -0.4 is 10.1 Å². The van der Waals surface area contributed by atoms with Gasteiger partial charge in [-0.3, -0.25) is 4.79 Å². The smallest absolute Gasteiger partial charge is 0.387 e. The van der Waals surface area contributed by atoms with Crippen LogP contribution in [0.5, 0.6) is 5.75 Å². The molecule has 0 heterocycles. The summed E-state index contributed by atoms with van der Waals surface area (Å²) >= 11 is 0. The Morgan fingerprint density at radius 2 is 2.00 bits per heavy atom. The van der Waals surface area contributed by atoms with Gasteiger partial charge in [-0.25, -0.2) is 0 Å². The molecule has 0 aromatic heterocycles. The van der Waals surface area contributed by atoms with Crippen LogP contribution >= 0.6 is 0 Å². The van der Waals surface area contributed by atoms with E-state index in [9.17, 15) is 13.6 Å². The van der Waals surface area contributed by atoms with E-state index < -0.39 is 6.61 Å². The highest BCUT2D eigenvalue weighted by molar-refractivity contribution is 5.76. The molecule has 0 aliphatic carbocycles. The Balaban J connectivity index is 2.39. The van der Waals surface area contributed by atoms with Gasteiger partial charge in [0.05, 0.1) is 6.61 Å². The monoisotopic (exact) mass is 273 g/mol. The first-order chi connectivity index (χ1) is 9.01. The van der Waals surface area contributed by atoms with Crippen molar-refractivity contribution in [3.8, 4) is 5.75 Å². The number of ether oxygens (including phenoxy) is 1. The molecule has 1 aromatic carbocycles. The van der Waals surface area contributed by atoms with E-state index in [1.54, 1.807) is 19.1 Å². The number of carbonyl (C=O) groups is 1. The van der Waals surface area contributed by atoms with Gasteiger partial charge in [0.15, 0.2) is 0 Å². The summed E-state index contributed by atoms with van der Waals surface area (Å²) in [5.41, 5.74) is 0.855. The summed E-state index contributed by atoms with van der Waals surface area (Å²) in [4.78, 5) is 11.5. The average molecular weight is 273 g/mol. The van der Waals surface area contributed by atoms with Gasteiger partial charge >= 0.3 is 6.61 Å². The first-order valence-corrected chi connectivity index (χ1v) is 5.95. The third-order valence-electron chi connectivity index (χ3n) is 2.47. The fraction of sp³-hybridized carbons (Fsp3) is 0.462. The van der Waals surface area contributed by atoms with Gasteiger partial charge in [0, 0.05) is 12.5 Å². The van der Waals surface area contributed by atoms with Crippen molar-refractivity contribution < 1.29 is 23.4 Å². The SMILES string of the molecule is C[C@@H](CO)NC(=O)CCc1ccc(OC(F)F)cc1. The Morgan fingerprint density at radius 3 is 2.53 bits per heavy atom. The average Bonchev–Trinajstić information content (AvgIpc) is 2.37. The summed E-state index contributed by atoms with van der Waals surface area (Å²) < 4.78 is 28.1. The number of rotatable bonds is 7. The van der Waals surface area contributed by atoms with E-state index >= 15 is 0 Å². The van der Waals surface area contributed by atoms with E-state index in [0.717, 1.165) is 5.56 Å². The van der Waals surface area contributed by atoms with Crippen LogP contribution in [0.15, 0.2) is 24.3 Å². The predicted molar refractivity (Wildman–Crippen MR) is 66.1 cm³/mol. The normalized spacial score (nSPS) is 12.3. The van der Waals surface area contributed by atoms with Crippen LogP contribution in [0.3, 0.4) is 0 Å². The highest BCUT2D eigenvalue weighted by Gasteiger charge is 2.07. The molecule has 4 nitrogen and oxygen atoms in total. The first kappa shape index (κ1) is 15.4. The maximum atomic E-state index is 11.9. The van der Waals surface area contributed by atoms with Gasteiger partial charge in [0.25, 0.3) is 0 Å². The van der Waals surface area contributed by atoms with Crippen molar-refractivity contribution in [2.75, 3.05) is 6.61 Å². The van der Waals surface area contributed by atoms with Gasteiger partial charge in [0.1, 0.15) is 5.75 Å². The number of alkyl halides is 2. The van der Waals surface area contributed by atoms with E-state index in [2.05, 4.69) is 10.1 Å². The van der Waals surface area contributed by atoms with Gasteiger partial charge in [-0.05, 0) is 31.0 Å². The number of hydrogen-bond donors (Lipinski definition) is 2. The Hall–Kier alpha value is -1.69. The van der Waals surface area contributed by atoms with E-state index in [0.29, 0.717) is 6.42 Å². The van der Waals surface area contributed by atoms with E-state index in [4.69, 9.17) is 5.11 Å². The highest BCUT2D eigenvalue weighted by atomic mass is 19.3. The quantitative estimate of drug-likeness (QED) is 0.795. The molecule has 1 atom stereocenters. The molecule has 0 aliphatic rings. The highest BCUT2D eigenvalue weighted by Crippen LogP contribution is 2.15. The molecule has 19 heavy (non-hydrogen) atoms. The number of halogens is 2. The number of benzene rings is 1. The molecule has 0 aliphatic heterocycles. The van der Waals surface area contributed by atoms with Crippen molar-refractivity contribution in [2.45, 2.75) is 32.4 Å². The second-order valence-electron chi connectivity index (χ2n) is 4.17. The molecule has 2 N–H and O–H groups in total. The third kappa shape index (κ3) is 6.15. The van der Waals surface area contributed by atoms with Gasteiger partial charge in [-0.1, -0.05) is 12.1 Å². The van der Waals surface area contributed by atoms with Crippen LogP contribution in [0.2, 0.25) is 0 Å². The van der Waals surface area contributed by atoms with Crippen molar-refractivity contribution in [2.24, 2.45) is 0 Å². The summed E-state index contributed by atoms with van der Waals surface area (Å²) in [6.07, 6.45) is 0.776. The lowest BCUT2D eigenvalue weighted by atomic mass is 10.1. The third-order valence-corrected chi connectivity index (χ3v) is 2.47. The molecule has 1 rings (SSSR count). The van der Waals surface area contributed by atoms with Crippen LogP contribution in [0.1, 0.15) is 18.9 Å². The minimum Gasteiger partial charge on any atom is -0.435 e. The lowest BCUT2D eigenvalue weighted by molar-refractivity contribution is -0.121.